The third kappa shape index (κ3) is 5.15. The third-order valence-corrected chi connectivity index (χ3v) is 3.19. The first-order valence-corrected chi connectivity index (χ1v) is 6.16. The minimum absolute atomic E-state index is 0.708. The SMILES string of the molecule is N#CCCCCN1CCCC(CCN)C1. The standard InChI is InChI=1S/C12H23N3/c13-7-2-1-3-9-15-10-4-5-12(11-15)6-8-14/h12H,1-6,8-11,14H2. The van der Waals surface area contributed by atoms with Crippen molar-refractivity contribution in [3.8, 4) is 6.07 Å². The molecule has 0 bridgehead atoms. The van der Waals surface area contributed by atoms with Gasteiger partial charge in [0.15, 0.2) is 0 Å². The Morgan fingerprint density at radius 3 is 3.00 bits per heavy atom. The Balaban J connectivity index is 2.10. The molecule has 1 aliphatic heterocycles. The zero-order valence-electron chi connectivity index (χ0n) is 9.62. The second kappa shape index (κ2) is 7.67. The summed E-state index contributed by atoms with van der Waals surface area (Å²) in [6.07, 6.45) is 6.78. The van der Waals surface area contributed by atoms with E-state index in [4.69, 9.17) is 11.0 Å². The molecule has 15 heavy (non-hydrogen) atoms. The van der Waals surface area contributed by atoms with E-state index in [0.29, 0.717) is 6.42 Å². The fraction of sp³-hybridized carbons (Fsp3) is 0.917. The molecular formula is C12H23N3. The molecule has 0 radical (unpaired) electrons. The molecule has 1 aliphatic rings. The van der Waals surface area contributed by atoms with Gasteiger partial charge in [-0.05, 0) is 57.7 Å². The second-order valence-electron chi connectivity index (χ2n) is 4.50. The molecule has 1 saturated heterocycles. The van der Waals surface area contributed by atoms with Gasteiger partial charge in [-0.2, -0.15) is 5.26 Å². The minimum Gasteiger partial charge on any atom is -0.330 e. The van der Waals surface area contributed by atoms with Crippen LogP contribution in [-0.4, -0.2) is 31.1 Å². The van der Waals surface area contributed by atoms with Gasteiger partial charge in [0.2, 0.25) is 0 Å². The number of likely N-dealkylation sites (tertiary alicyclic amines) is 1. The topological polar surface area (TPSA) is 53.0 Å². The van der Waals surface area contributed by atoms with Crippen LogP contribution in [0, 0.1) is 17.2 Å². The Bertz CT molecular complexity index is 196. The van der Waals surface area contributed by atoms with Gasteiger partial charge >= 0.3 is 0 Å². The van der Waals surface area contributed by atoms with Crippen molar-refractivity contribution in [1.82, 2.24) is 4.90 Å². The molecule has 0 amide bonds. The second-order valence-corrected chi connectivity index (χ2v) is 4.50. The summed E-state index contributed by atoms with van der Waals surface area (Å²) in [6, 6.07) is 2.20. The van der Waals surface area contributed by atoms with Crippen molar-refractivity contribution in [2.45, 2.75) is 38.5 Å². The molecule has 0 aromatic heterocycles. The lowest BCUT2D eigenvalue weighted by Gasteiger charge is -2.32. The maximum atomic E-state index is 8.44. The molecular weight excluding hydrogens is 186 g/mol. The van der Waals surface area contributed by atoms with Crippen LogP contribution in [0.15, 0.2) is 0 Å². The third-order valence-electron chi connectivity index (χ3n) is 3.19. The molecule has 0 spiro atoms. The van der Waals surface area contributed by atoms with E-state index >= 15 is 0 Å². The van der Waals surface area contributed by atoms with Gasteiger partial charge in [-0.15, -0.1) is 0 Å². The monoisotopic (exact) mass is 209 g/mol. The van der Waals surface area contributed by atoms with E-state index in [1.165, 1.54) is 45.3 Å². The molecule has 3 heteroatoms. The van der Waals surface area contributed by atoms with Crippen LogP contribution in [0.2, 0.25) is 0 Å². The van der Waals surface area contributed by atoms with Crippen molar-refractivity contribution in [3.05, 3.63) is 0 Å². The Morgan fingerprint density at radius 1 is 1.40 bits per heavy atom. The smallest absolute Gasteiger partial charge is 0.0621 e. The predicted octanol–water partition coefficient (Wildman–Crippen LogP) is 1.74. The molecule has 0 saturated carbocycles. The maximum absolute atomic E-state index is 8.44. The maximum Gasteiger partial charge on any atom is 0.0621 e. The van der Waals surface area contributed by atoms with Crippen molar-refractivity contribution in [2.24, 2.45) is 11.7 Å². The van der Waals surface area contributed by atoms with Crippen molar-refractivity contribution in [1.29, 1.82) is 5.26 Å². The van der Waals surface area contributed by atoms with Crippen molar-refractivity contribution >= 4 is 0 Å². The number of nitrogens with zero attached hydrogens (tertiary/aromatic N) is 2. The highest BCUT2D eigenvalue weighted by atomic mass is 15.1. The highest BCUT2D eigenvalue weighted by molar-refractivity contribution is 4.74. The molecule has 1 rings (SSSR count). The van der Waals surface area contributed by atoms with E-state index in [2.05, 4.69) is 11.0 Å². The number of nitrogens with two attached hydrogens (primary N) is 1. The number of hydrogen-bond donors (Lipinski definition) is 1. The summed E-state index contributed by atoms with van der Waals surface area (Å²) in [5.41, 5.74) is 5.59. The van der Waals surface area contributed by atoms with E-state index in [9.17, 15) is 0 Å². The molecule has 1 fully saturated rings. The van der Waals surface area contributed by atoms with Gasteiger partial charge in [0.05, 0.1) is 6.07 Å². The van der Waals surface area contributed by atoms with E-state index in [1.807, 2.05) is 0 Å². The lowest BCUT2D eigenvalue weighted by Crippen LogP contribution is -2.36. The van der Waals surface area contributed by atoms with E-state index in [-0.39, 0.29) is 0 Å². The van der Waals surface area contributed by atoms with Gasteiger partial charge in [-0.3, -0.25) is 0 Å². The van der Waals surface area contributed by atoms with Gasteiger partial charge in [0.1, 0.15) is 0 Å². The average Bonchev–Trinajstić information content (AvgIpc) is 2.26. The molecule has 3 nitrogen and oxygen atoms in total. The quantitative estimate of drug-likeness (QED) is 0.678. The summed E-state index contributed by atoms with van der Waals surface area (Å²) in [6.45, 7) is 4.47. The lowest BCUT2D eigenvalue weighted by atomic mass is 9.95. The molecule has 1 unspecified atom stereocenters. The summed E-state index contributed by atoms with van der Waals surface area (Å²) in [4.78, 5) is 2.54. The van der Waals surface area contributed by atoms with Gasteiger partial charge in [0, 0.05) is 13.0 Å². The first-order chi connectivity index (χ1) is 7.36. The van der Waals surface area contributed by atoms with E-state index in [0.717, 1.165) is 18.9 Å². The Morgan fingerprint density at radius 2 is 2.27 bits per heavy atom. The summed E-state index contributed by atoms with van der Waals surface area (Å²) in [5, 5.41) is 8.44. The number of rotatable bonds is 6. The van der Waals surface area contributed by atoms with Gasteiger partial charge in [-0.1, -0.05) is 0 Å². The minimum atomic E-state index is 0.708. The first-order valence-electron chi connectivity index (χ1n) is 6.16. The molecule has 1 atom stereocenters. The van der Waals surface area contributed by atoms with E-state index in [1.54, 1.807) is 0 Å². The molecule has 0 aromatic carbocycles. The van der Waals surface area contributed by atoms with Gasteiger partial charge < -0.3 is 10.6 Å². The fourth-order valence-corrected chi connectivity index (χ4v) is 2.37. The molecule has 86 valence electrons. The van der Waals surface area contributed by atoms with Crippen molar-refractivity contribution in [3.63, 3.8) is 0 Å². The van der Waals surface area contributed by atoms with E-state index < -0.39 is 0 Å². The molecule has 0 aromatic rings. The van der Waals surface area contributed by atoms with Crippen LogP contribution in [0.25, 0.3) is 0 Å². The van der Waals surface area contributed by atoms with Crippen LogP contribution in [0.3, 0.4) is 0 Å². The highest BCUT2D eigenvalue weighted by Crippen LogP contribution is 2.19. The van der Waals surface area contributed by atoms with Gasteiger partial charge in [-0.25, -0.2) is 0 Å². The molecule has 0 aliphatic carbocycles. The Hall–Kier alpha value is -0.590. The van der Waals surface area contributed by atoms with Crippen LogP contribution in [0.4, 0.5) is 0 Å². The van der Waals surface area contributed by atoms with Gasteiger partial charge in [0.25, 0.3) is 0 Å². The summed E-state index contributed by atoms with van der Waals surface area (Å²) >= 11 is 0. The average molecular weight is 209 g/mol. The number of hydrogen-bond acceptors (Lipinski definition) is 3. The van der Waals surface area contributed by atoms with Crippen LogP contribution >= 0.6 is 0 Å². The number of unbranched alkanes of at least 4 members (excludes halogenated alkanes) is 2. The Kier molecular flexibility index (Phi) is 6.38. The molecule has 2 N–H and O–H groups in total. The highest BCUT2D eigenvalue weighted by Gasteiger charge is 2.18. The van der Waals surface area contributed by atoms with Crippen molar-refractivity contribution in [2.75, 3.05) is 26.2 Å². The summed E-state index contributed by atoms with van der Waals surface area (Å²) in [7, 11) is 0. The van der Waals surface area contributed by atoms with Crippen molar-refractivity contribution < 1.29 is 0 Å². The number of nitriles is 1. The fourth-order valence-electron chi connectivity index (χ4n) is 2.37. The normalized spacial score (nSPS) is 22.5. The zero-order valence-corrected chi connectivity index (χ0v) is 9.62. The zero-order chi connectivity index (χ0) is 10.9. The summed E-state index contributed by atoms with van der Waals surface area (Å²) in [5.74, 6) is 0.819. The molecule has 1 heterocycles. The number of piperidine rings is 1. The van der Waals surface area contributed by atoms with Crippen LogP contribution in [0.1, 0.15) is 38.5 Å². The van der Waals surface area contributed by atoms with Crippen LogP contribution in [0.5, 0.6) is 0 Å². The lowest BCUT2D eigenvalue weighted by molar-refractivity contribution is 0.168. The summed E-state index contributed by atoms with van der Waals surface area (Å²) < 4.78 is 0. The Labute approximate surface area is 93.2 Å². The first kappa shape index (κ1) is 12.5. The largest absolute Gasteiger partial charge is 0.330 e. The predicted molar refractivity (Wildman–Crippen MR) is 62.3 cm³/mol. The van der Waals surface area contributed by atoms with Crippen LogP contribution in [-0.2, 0) is 0 Å². The van der Waals surface area contributed by atoms with Crippen LogP contribution < -0.4 is 5.73 Å².